The van der Waals surface area contributed by atoms with Crippen LogP contribution < -0.4 is 0 Å². The molecule has 1 aromatic carbocycles. The van der Waals surface area contributed by atoms with Gasteiger partial charge in [0.05, 0.1) is 0 Å². The van der Waals surface area contributed by atoms with Crippen molar-refractivity contribution >= 4 is 11.6 Å². The molecule has 1 saturated heterocycles. The first kappa shape index (κ1) is 11.5. The quantitative estimate of drug-likeness (QED) is 0.878. The van der Waals surface area contributed by atoms with E-state index in [-0.39, 0.29) is 5.82 Å². The van der Waals surface area contributed by atoms with Gasteiger partial charge in [-0.2, -0.15) is 0 Å². The van der Waals surface area contributed by atoms with E-state index in [0.29, 0.717) is 29.6 Å². The Balaban J connectivity index is 1.89. The number of aliphatic hydroxyl groups is 1. The minimum absolute atomic E-state index is 0.345. The number of β-amino-alcohol motifs (C(OH)–C–C–N with tert-alkyl or cyclic N) is 1. The van der Waals surface area contributed by atoms with Crippen molar-refractivity contribution < 1.29 is 9.50 Å². The van der Waals surface area contributed by atoms with Crippen molar-refractivity contribution in [2.75, 3.05) is 13.1 Å². The molecule has 0 spiro atoms. The SMILES string of the molecule is OC1(c2cc(F)ccc2Cl)CCN(C2CC2)C1. The molecule has 1 aromatic rings. The molecule has 1 saturated carbocycles. The van der Waals surface area contributed by atoms with Crippen molar-refractivity contribution in [3.63, 3.8) is 0 Å². The van der Waals surface area contributed by atoms with E-state index in [9.17, 15) is 9.50 Å². The molecule has 2 fully saturated rings. The van der Waals surface area contributed by atoms with Crippen LogP contribution >= 0.6 is 11.6 Å². The molecular formula is C13H15ClFNO. The summed E-state index contributed by atoms with van der Waals surface area (Å²) < 4.78 is 13.3. The van der Waals surface area contributed by atoms with Crippen molar-refractivity contribution in [3.8, 4) is 0 Å². The van der Waals surface area contributed by atoms with Crippen molar-refractivity contribution in [2.45, 2.75) is 30.9 Å². The minimum atomic E-state index is -0.984. The number of rotatable bonds is 2. The topological polar surface area (TPSA) is 23.5 Å². The predicted molar refractivity (Wildman–Crippen MR) is 64.5 cm³/mol. The van der Waals surface area contributed by atoms with Gasteiger partial charge < -0.3 is 5.11 Å². The van der Waals surface area contributed by atoms with Gasteiger partial charge in [0, 0.05) is 29.7 Å². The third-order valence-corrected chi connectivity index (χ3v) is 4.10. The van der Waals surface area contributed by atoms with Gasteiger partial charge in [0.15, 0.2) is 0 Å². The fourth-order valence-corrected chi connectivity index (χ4v) is 2.94. The lowest BCUT2D eigenvalue weighted by Gasteiger charge is -2.25. The zero-order valence-corrected chi connectivity index (χ0v) is 10.3. The van der Waals surface area contributed by atoms with Gasteiger partial charge in [0.2, 0.25) is 0 Å². The fourth-order valence-electron chi connectivity index (χ4n) is 2.65. The first-order valence-electron chi connectivity index (χ1n) is 6.00. The monoisotopic (exact) mass is 255 g/mol. The van der Waals surface area contributed by atoms with Gasteiger partial charge in [0.25, 0.3) is 0 Å². The Labute approximate surface area is 105 Å². The highest BCUT2D eigenvalue weighted by Crippen LogP contribution is 2.40. The van der Waals surface area contributed by atoms with Crippen LogP contribution in [0.3, 0.4) is 0 Å². The molecule has 0 amide bonds. The first-order valence-corrected chi connectivity index (χ1v) is 6.38. The highest BCUT2D eigenvalue weighted by atomic mass is 35.5. The lowest BCUT2D eigenvalue weighted by molar-refractivity contribution is 0.0450. The van der Waals surface area contributed by atoms with Gasteiger partial charge >= 0.3 is 0 Å². The van der Waals surface area contributed by atoms with Crippen LogP contribution in [0.15, 0.2) is 18.2 Å². The second-order valence-corrected chi connectivity index (χ2v) is 5.51. The lowest BCUT2D eigenvalue weighted by Crippen LogP contribution is -2.32. The maximum atomic E-state index is 13.3. The molecule has 0 aromatic heterocycles. The normalized spacial score (nSPS) is 29.8. The van der Waals surface area contributed by atoms with E-state index >= 15 is 0 Å². The van der Waals surface area contributed by atoms with E-state index < -0.39 is 5.60 Å². The number of benzene rings is 1. The maximum absolute atomic E-state index is 13.3. The van der Waals surface area contributed by atoms with Crippen molar-refractivity contribution in [1.29, 1.82) is 0 Å². The van der Waals surface area contributed by atoms with Crippen LogP contribution in [-0.2, 0) is 5.60 Å². The lowest BCUT2D eigenvalue weighted by atomic mass is 9.93. The second-order valence-electron chi connectivity index (χ2n) is 5.11. The molecule has 1 N–H and O–H groups in total. The first-order chi connectivity index (χ1) is 8.08. The van der Waals surface area contributed by atoms with Crippen LogP contribution in [0.5, 0.6) is 0 Å². The van der Waals surface area contributed by atoms with E-state index in [1.165, 1.54) is 31.0 Å². The van der Waals surface area contributed by atoms with Gasteiger partial charge in [-0.25, -0.2) is 4.39 Å². The summed E-state index contributed by atoms with van der Waals surface area (Å²) in [4.78, 5) is 2.28. The molecule has 0 bridgehead atoms. The van der Waals surface area contributed by atoms with Gasteiger partial charge in [-0.05, 0) is 37.5 Å². The van der Waals surface area contributed by atoms with Gasteiger partial charge in [-0.3, -0.25) is 4.90 Å². The summed E-state index contributed by atoms with van der Waals surface area (Å²) in [5.41, 5.74) is -0.454. The van der Waals surface area contributed by atoms with Crippen LogP contribution in [-0.4, -0.2) is 29.1 Å². The van der Waals surface area contributed by atoms with Gasteiger partial charge in [0.1, 0.15) is 11.4 Å². The van der Waals surface area contributed by atoms with Crippen LogP contribution in [0.25, 0.3) is 0 Å². The zero-order chi connectivity index (χ0) is 12.0. The van der Waals surface area contributed by atoms with E-state index in [1.54, 1.807) is 0 Å². The Hall–Kier alpha value is -0.640. The number of halogens is 2. The molecule has 2 nitrogen and oxygen atoms in total. The maximum Gasteiger partial charge on any atom is 0.123 e. The molecule has 4 heteroatoms. The predicted octanol–water partition coefficient (Wildman–Crippen LogP) is 2.53. The van der Waals surface area contributed by atoms with E-state index in [2.05, 4.69) is 4.90 Å². The summed E-state index contributed by atoms with van der Waals surface area (Å²) in [5.74, 6) is -0.345. The zero-order valence-electron chi connectivity index (χ0n) is 9.50. The third kappa shape index (κ3) is 2.07. The summed E-state index contributed by atoms with van der Waals surface area (Å²) >= 11 is 6.06. The smallest absolute Gasteiger partial charge is 0.123 e. The average molecular weight is 256 g/mol. The highest BCUT2D eigenvalue weighted by Gasteiger charge is 2.43. The van der Waals surface area contributed by atoms with E-state index in [0.717, 1.165) is 6.54 Å². The molecule has 1 aliphatic heterocycles. The largest absolute Gasteiger partial charge is 0.384 e. The van der Waals surface area contributed by atoms with Crippen molar-refractivity contribution in [2.24, 2.45) is 0 Å². The summed E-state index contributed by atoms with van der Waals surface area (Å²) in [5, 5.41) is 11.1. The van der Waals surface area contributed by atoms with Gasteiger partial charge in [-0.1, -0.05) is 11.6 Å². The summed E-state index contributed by atoms with van der Waals surface area (Å²) in [6.45, 7) is 1.44. The Morgan fingerprint density at radius 2 is 2.18 bits per heavy atom. The standard InChI is InChI=1S/C13H15ClFNO/c14-12-4-1-9(15)7-11(12)13(17)5-6-16(8-13)10-2-3-10/h1,4,7,10,17H,2-3,5-6,8H2. The fraction of sp³-hybridized carbons (Fsp3) is 0.538. The van der Waals surface area contributed by atoms with Gasteiger partial charge in [-0.15, -0.1) is 0 Å². The molecule has 0 radical (unpaired) electrons. The second kappa shape index (κ2) is 3.94. The molecule has 1 heterocycles. The van der Waals surface area contributed by atoms with E-state index in [4.69, 9.17) is 11.6 Å². The number of nitrogens with zero attached hydrogens (tertiary/aromatic N) is 1. The average Bonchev–Trinajstić information content (AvgIpc) is 3.06. The van der Waals surface area contributed by atoms with Crippen LogP contribution in [0, 0.1) is 5.82 Å². The summed E-state index contributed by atoms with van der Waals surface area (Å²) in [6.07, 6.45) is 3.06. The molecule has 1 unspecified atom stereocenters. The summed E-state index contributed by atoms with van der Waals surface area (Å²) in [6, 6.07) is 4.82. The summed E-state index contributed by atoms with van der Waals surface area (Å²) in [7, 11) is 0. The van der Waals surface area contributed by atoms with Crippen molar-refractivity contribution in [3.05, 3.63) is 34.6 Å². The van der Waals surface area contributed by atoms with E-state index in [1.807, 2.05) is 0 Å². The molecule has 1 aliphatic carbocycles. The van der Waals surface area contributed by atoms with Crippen LogP contribution in [0.2, 0.25) is 5.02 Å². The Morgan fingerprint density at radius 1 is 1.41 bits per heavy atom. The molecule has 1 atom stereocenters. The molecule has 17 heavy (non-hydrogen) atoms. The molecule has 3 rings (SSSR count). The minimum Gasteiger partial charge on any atom is -0.384 e. The number of hydrogen-bond acceptors (Lipinski definition) is 2. The molecular weight excluding hydrogens is 241 g/mol. The molecule has 92 valence electrons. The third-order valence-electron chi connectivity index (χ3n) is 3.77. The Morgan fingerprint density at radius 3 is 2.88 bits per heavy atom. The Bertz CT molecular complexity index is 449. The molecule has 2 aliphatic rings. The number of hydrogen-bond donors (Lipinski definition) is 1. The van der Waals surface area contributed by atoms with Crippen LogP contribution in [0.4, 0.5) is 4.39 Å². The number of likely N-dealkylation sites (tertiary alicyclic amines) is 1. The Kier molecular flexibility index (Phi) is 2.65. The highest BCUT2D eigenvalue weighted by molar-refractivity contribution is 6.31. The van der Waals surface area contributed by atoms with Crippen LogP contribution in [0.1, 0.15) is 24.8 Å². The van der Waals surface area contributed by atoms with Crippen molar-refractivity contribution in [1.82, 2.24) is 4.90 Å².